The van der Waals surface area contributed by atoms with Crippen molar-refractivity contribution in [3.05, 3.63) is 33.4 Å². The number of rotatable bonds is 7. The topological polar surface area (TPSA) is 116 Å². The Balaban J connectivity index is 2.18. The van der Waals surface area contributed by atoms with E-state index in [2.05, 4.69) is 0 Å². The highest BCUT2D eigenvalue weighted by atomic mass is 32.2. The number of hydrogen-bond acceptors (Lipinski definition) is 6. The van der Waals surface area contributed by atoms with E-state index in [-0.39, 0.29) is 16.7 Å². The third kappa shape index (κ3) is 4.55. The van der Waals surface area contributed by atoms with E-state index in [4.69, 9.17) is 10.5 Å². The Bertz CT molecular complexity index is 728. The standard InChI is InChI=1S/C16H25N3O5S/c1-12-10-15(19(20)21)16(11-13(12)2)25(22,23)18-7-4-14(5-8-18)24-9-3-6-17/h10-11,14H,3-9,17H2,1-2H3. The number of nitrogens with two attached hydrogens (primary N) is 1. The summed E-state index contributed by atoms with van der Waals surface area (Å²) in [5.41, 5.74) is 6.46. The average Bonchev–Trinajstić information content (AvgIpc) is 2.57. The van der Waals surface area contributed by atoms with E-state index in [1.165, 1.54) is 16.4 Å². The van der Waals surface area contributed by atoms with Crippen LogP contribution in [-0.2, 0) is 14.8 Å². The zero-order valence-corrected chi connectivity index (χ0v) is 15.4. The number of hydrogen-bond donors (Lipinski definition) is 1. The van der Waals surface area contributed by atoms with Crippen molar-refractivity contribution in [2.75, 3.05) is 26.2 Å². The van der Waals surface area contributed by atoms with Gasteiger partial charge in [0.05, 0.1) is 11.0 Å². The molecule has 0 unspecified atom stereocenters. The molecule has 1 aliphatic rings. The van der Waals surface area contributed by atoms with Gasteiger partial charge in [0.25, 0.3) is 5.69 Å². The van der Waals surface area contributed by atoms with E-state index in [0.29, 0.717) is 50.2 Å². The second kappa shape index (κ2) is 8.22. The fourth-order valence-corrected chi connectivity index (χ4v) is 4.53. The number of aryl methyl sites for hydroxylation is 2. The van der Waals surface area contributed by atoms with Gasteiger partial charge in [-0.2, -0.15) is 4.31 Å². The van der Waals surface area contributed by atoms with Crippen LogP contribution in [-0.4, -0.2) is 50.0 Å². The fourth-order valence-electron chi connectivity index (χ4n) is 2.84. The molecule has 0 spiro atoms. The highest BCUT2D eigenvalue weighted by molar-refractivity contribution is 7.89. The van der Waals surface area contributed by atoms with Crippen molar-refractivity contribution in [1.29, 1.82) is 0 Å². The molecule has 0 saturated carbocycles. The SMILES string of the molecule is Cc1cc([N+](=O)[O-])c(S(=O)(=O)N2CCC(OCCCN)CC2)cc1C. The van der Waals surface area contributed by atoms with Crippen LogP contribution in [0.3, 0.4) is 0 Å². The predicted octanol–water partition coefficient (Wildman–Crippen LogP) is 1.73. The maximum atomic E-state index is 12.9. The molecule has 9 heteroatoms. The molecule has 0 radical (unpaired) electrons. The monoisotopic (exact) mass is 371 g/mol. The maximum absolute atomic E-state index is 12.9. The maximum Gasteiger partial charge on any atom is 0.289 e. The molecular weight excluding hydrogens is 346 g/mol. The van der Waals surface area contributed by atoms with Gasteiger partial charge >= 0.3 is 0 Å². The Labute approximate surface area is 148 Å². The lowest BCUT2D eigenvalue weighted by atomic mass is 10.1. The second-order valence-electron chi connectivity index (χ2n) is 6.28. The van der Waals surface area contributed by atoms with Crippen LogP contribution in [0.4, 0.5) is 5.69 Å². The number of ether oxygens (including phenoxy) is 1. The molecule has 1 fully saturated rings. The Morgan fingerprint density at radius 2 is 1.88 bits per heavy atom. The minimum atomic E-state index is -3.91. The average molecular weight is 371 g/mol. The van der Waals surface area contributed by atoms with Gasteiger partial charge in [0, 0.05) is 25.8 Å². The van der Waals surface area contributed by atoms with Crippen molar-refractivity contribution in [3.63, 3.8) is 0 Å². The van der Waals surface area contributed by atoms with Gasteiger partial charge in [0.1, 0.15) is 0 Å². The van der Waals surface area contributed by atoms with Crippen LogP contribution in [0.2, 0.25) is 0 Å². The van der Waals surface area contributed by atoms with E-state index in [9.17, 15) is 18.5 Å². The summed E-state index contributed by atoms with van der Waals surface area (Å²) in [6.07, 6.45) is 1.92. The quantitative estimate of drug-likeness (QED) is 0.443. The number of benzene rings is 1. The molecule has 25 heavy (non-hydrogen) atoms. The van der Waals surface area contributed by atoms with E-state index >= 15 is 0 Å². The van der Waals surface area contributed by atoms with Gasteiger partial charge in [-0.15, -0.1) is 0 Å². The van der Waals surface area contributed by atoms with E-state index in [1.807, 2.05) is 0 Å². The molecule has 1 aromatic rings. The first-order valence-corrected chi connectivity index (χ1v) is 9.79. The minimum absolute atomic E-state index is 0.00717. The Kier molecular flexibility index (Phi) is 6.50. The van der Waals surface area contributed by atoms with Crippen LogP contribution in [0.25, 0.3) is 0 Å². The molecule has 140 valence electrons. The third-order valence-corrected chi connectivity index (χ3v) is 6.42. The van der Waals surface area contributed by atoms with Gasteiger partial charge in [-0.25, -0.2) is 8.42 Å². The van der Waals surface area contributed by atoms with Crippen molar-refractivity contribution >= 4 is 15.7 Å². The summed E-state index contributed by atoms with van der Waals surface area (Å²) in [4.78, 5) is 10.4. The normalized spacial score (nSPS) is 16.9. The Morgan fingerprint density at radius 1 is 1.28 bits per heavy atom. The van der Waals surface area contributed by atoms with Crippen molar-refractivity contribution in [2.45, 2.75) is 44.1 Å². The number of nitrogens with zero attached hydrogens (tertiary/aromatic N) is 2. The first-order chi connectivity index (χ1) is 11.8. The molecule has 0 amide bonds. The zero-order chi connectivity index (χ0) is 18.6. The molecule has 1 saturated heterocycles. The highest BCUT2D eigenvalue weighted by Gasteiger charge is 2.34. The molecule has 8 nitrogen and oxygen atoms in total. The molecule has 0 atom stereocenters. The molecule has 2 N–H and O–H groups in total. The fraction of sp³-hybridized carbons (Fsp3) is 0.625. The van der Waals surface area contributed by atoms with E-state index < -0.39 is 14.9 Å². The lowest BCUT2D eigenvalue weighted by molar-refractivity contribution is -0.387. The Morgan fingerprint density at radius 3 is 2.44 bits per heavy atom. The summed E-state index contributed by atoms with van der Waals surface area (Å²) in [6, 6.07) is 2.72. The van der Waals surface area contributed by atoms with Gasteiger partial charge in [-0.3, -0.25) is 10.1 Å². The van der Waals surface area contributed by atoms with Gasteiger partial charge in [0.2, 0.25) is 10.0 Å². The van der Waals surface area contributed by atoms with Crippen LogP contribution in [0.5, 0.6) is 0 Å². The van der Waals surface area contributed by atoms with E-state index in [1.54, 1.807) is 13.8 Å². The summed E-state index contributed by atoms with van der Waals surface area (Å²) in [7, 11) is -3.91. The van der Waals surface area contributed by atoms with E-state index in [0.717, 1.165) is 6.42 Å². The molecule has 0 aromatic heterocycles. The van der Waals surface area contributed by atoms with Gasteiger partial charge < -0.3 is 10.5 Å². The first-order valence-electron chi connectivity index (χ1n) is 8.35. The van der Waals surface area contributed by atoms with Crippen molar-refractivity contribution < 1.29 is 18.1 Å². The van der Waals surface area contributed by atoms with Gasteiger partial charge in [0.15, 0.2) is 4.90 Å². The molecule has 1 heterocycles. The lowest BCUT2D eigenvalue weighted by Gasteiger charge is -2.31. The zero-order valence-electron chi connectivity index (χ0n) is 14.6. The van der Waals surface area contributed by atoms with Gasteiger partial charge in [-0.05, 0) is 56.8 Å². The first kappa shape index (κ1) is 19.8. The predicted molar refractivity (Wildman–Crippen MR) is 94.0 cm³/mol. The number of piperidine rings is 1. The van der Waals surface area contributed by atoms with Crippen molar-refractivity contribution in [2.24, 2.45) is 5.73 Å². The third-order valence-electron chi connectivity index (χ3n) is 4.49. The van der Waals surface area contributed by atoms with Crippen molar-refractivity contribution in [1.82, 2.24) is 4.31 Å². The molecule has 1 aliphatic heterocycles. The summed E-state index contributed by atoms with van der Waals surface area (Å²) in [5.74, 6) is 0. The van der Waals surface area contributed by atoms with Crippen LogP contribution >= 0.6 is 0 Å². The van der Waals surface area contributed by atoms with Crippen LogP contribution in [0.15, 0.2) is 17.0 Å². The Hall–Kier alpha value is -1.55. The van der Waals surface area contributed by atoms with Crippen molar-refractivity contribution in [3.8, 4) is 0 Å². The van der Waals surface area contributed by atoms with Gasteiger partial charge in [-0.1, -0.05) is 0 Å². The van der Waals surface area contributed by atoms with Crippen LogP contribution in [0, 0.1) is 24.0 Å². The molecule has 0 bridgehead atoms. The summed E-state index contributed by atoms with van der Waals surface area (Å²) < 4.78 is 32.8. The van der Waals surface area contributed by atoms with Crippen LogP contribution in [0.1, 0.15) is 30.4 Å². The largest absolute Gasteiger partial charge is 0.378 e. The number of nitro groups is 1. The highest BCUT2D eigenvalue weighted by Crippen LogP contribution is 2.31. The lowest BCUT2D eigenvalue weighted by Crippen LogP contribution is -2.41. The van der Waals surface area contributed by atoms with Crippen LogP contribution < -0.4 is 5.73 Å². The molecule has 1 aromatic carbocycles. The second-order valence-corrected chi connectivity index (χ2v) is 8.18. The minimum Gasteiger partial charge on any atom is -0.378 e. The molecule has 2 rings (SSSR count). The smallest absolute Gasteiger partial charge is 0.289 e. The molecular formula is C16H25N3O5S. The summed E-state index contributed by atoms with van der Waals surface area (Å²) in [5, 5.41) is 11.3. The number of sulfonamides is 1. The molecule has 0 aliphatic carbocycles. The number of nitro benzene ring substituents is 1. The summed E-state index contributed by atoms with van der Waals surface area (Å²) in [6.45, 7) is 5.18. The summed E-state index contributed by atoms with van der Waals surface area (Å²) >= 11 is 0.